The van der Waals surface area contributed by atoms with Crippen LogP contribution in [0.2, 0.25) is 5.15 Å². The van der Waals surface area contributed by atoms with Gasteiger partial charge in [0.2, 0.25) is 0 Å². The van der Waals surface area contributed by atoms with Gasteiger partial charge >= 0.3 is 0 Å². The molecular formula is C17H13ClN4O2. The van der Waals surface area contributed by atoms with Crippen LogP contribution in [0.25, 0.3) is 11.2 Å². The largest absolute Gasteiger partial charge is 0.393 e. The van der Waals surface area contributed by atoms with Crippen molar-refractivity contribution >= 4 is 22.8 Å². The lowest BCUT2D eigenvalue weighted by Gasteiger charge is -2.25. The van der Waals surface area contributed by atoms with E-state index in [4.69, 9.17) is 16.3 Å². The summed E-state index contributed by atoms with van der Waals surface area (Å²) in [7, 11) is 0. The van der Waals surface area contributed by atoms with Crippen LogP contribution in [0.3, 0.4) is 0 Å². The van der Waals surface area contributed by atoms with Crippen molar-refractivity contribution < 1.29 is 9.84 Å². The third-order valence-corrected chi connectivity index (χ3v) is 5.10. The highest BCUT2D eigenvalue weighted by molar-refractivity contribution is 6.33. The van der Waals surface area contributed by atoms with Gasteiger partial charge in [0.15, 0.2) is 10.8 Å². The first-order valence-electron chi connectivity index (χ1n) is 7.60. The zero-order valence-corrected chi connectivity index (χ0v) is 13.3. The predicted octanol–water partition coefficient (Wildman–Crippen LogP) is 2.16. The van der Waals surface area contributed by atoms with Crippen molar-refractivity contribution in [1.29, 1.82) is 0 Å². The fourth-order valence-corrected chi connectivity index (χ4v) is 3.91. The number of hydrogen-bond donors (Lipinski definition) is 1. The molecule has 5 rings (SSSR count). The van der Waals surface area contributed by atoms with Crippen molar-refractivity contribution in [1.82, 2.24) is 19.5 Å². The van der Waals surface area contributed by atoms with Gasteiger partial charge in [-0.3, -0.25) is 0 Å². The van der Waals surface area contributed by atoms with E-state index in [0.29, 0.717) is 22.9 Å². The molecule has 0 fully saturated rings. The normalized spacial score (nSPS) is 27.1. The summed E-state index contributed by atoms with van der Waals surface area (Å²) < 4.78 is 8.24. The Hall–Kier alpha value is -2.28. The Labute approximate surface area is 142 Å². The zero-order chi connectivity index (χ0) is 16.4. The Balaban J connectivity index is 1.65. The maximum absolute atomic E-state index is 9.91. The van der Waals surface area contributed by atoms with Crippen LogP contribution < -0.4 is 0 Å². The van der Waals surface area contributed by atoms with Crippen LogP contribution in [-0.2, 0) is 22.5 Å². The fourth-order valence-electron chi connectivity index (χ4n) is 3.73. The summed E-state index contributed by atoms with van der Waals surface area (Å²) in [4.78, 5) is 12.6. The Bertz CT molecular complexity index is 1000. The molecule has 3 aromatic rings. The summed E-state index contributed by atoms with van der Waals surface area (Å²) in [5, 5.41) is 10.2. The minimum Gasteiger partial charge on any atom is -0.393 e. The maximum Gasteiger partial charge on any atom is 0.164 e. The standard InChI is InChI=1S/C17H13ClN4O2/c18-14-13-15(20-9-19-14)22(10-21-13)7-16-5-6-17(8-23,24-16)12-4-2-1-3-11(12)16/h1-6,9-10,23H,7-8H2/t16-,17+/m0/s1. The molecule has 1 N–H and O–H groups in total. The molecule has 0 radical (unpaired) electrons. The Morgan fingerprint density at radius 1 is 1.08 bits per heavy atom. The molecule has 0 amide bonds. The summed E-state index contributed by atoms with van der Waals surface area (Å²) in [6, 6.07) is 7.98. The highest BCUT2D eigenvalue weighted by Gasteiger charge is 2.55. The van der Waals surface area contributed by atoms with Gasteiger partial charge in [0.1, 0.15) is 23.0 Å². The van der Waals surface area contributed by atoms with E-state index in [-0.39, 0.29) is 6.61 Å². The van der Waals surface area contributed by atoms with E-state index in [1.165, 1.54) is 6.33 Å². The van der Waals surface area contributed by atoms with Crippen LogP contribution in [0, 0.1) is 0 Å². The van der Waals surface area contributed by atoms with E-state index in [2.05, 4.69) is 15.0 Å². The van der Waals surface area contributed by atoms with E-state index in [9.17, 15) is 5.11 Å². The Kier molecular flexibility index (Phi) is 2.72. The summed E-state index contributed by atoms with van der Waals surface area (Å²) in [5.74, 6) is 0. The van der Waals surface area contributed by atoms with Crippen molar-refractivity contribution in [3.63, 3.8) is 0 Å². The first-order valence-corrected chi connectivity index (χ1v) is 7.98. The van der Waals surface area contributed by atoms with E-state index in [1.54, 1.807) is 6.33 Å². The summed E-state index contributed by atoms with van der Waals surface area (Å²) in [6.45, 7) is 0.396. The van der Waals surface area contributed by atoms with Crippen LogP contribution in [0.5, 0.6) is 0 Å². The topological polar surface area (TPSA) is 73.1 Å². The number of ether oxygens (including phenoxy) is 1. The molecule has 0 saturated heterocycles. The van der Waals surface area contributed by atoms with E-state index < -0.39 is 11.2 Å². The molecule has 0 unspecified atom stereocenters. The predicted molar refractivity (Wildman–Crippen MR) is 87.4 cm³/mol. The van der Waals surface area contributed by atoms with Crippen molar-refractivity contribution in [3.05, 3.63) is 65.4 Å². The van der Waals surface area contributed by atoms with Crippen LogP contribution in [0.4, 0.5) is 0 Å². The number of hydrogen-bond acceptors (Lipinski definition) is 5. The van der Waals surface area contributed by atoms with Crippen LogP contribution in [-0.4, -0.2) is 31.2 Å². The molecule has 2 aromatic heterocycles. The molecule has 2 atom stereocenters. The molecule has 6 nitrogen and oxygen atoms in total. The van der Waals surface area contributed by atoms with E-state index >= 15 is 0 Å². The maximum atomic E-state index is 9.91. The van der Waals surface area contributed by atoms with Gasteiger partial charge in [0.05, 0.1) is 19.5 Å². The molecule has 0 spiro atoms. The second kappa shape index (κ2) is 4.63. The highest BCUT2D eigenvalue weighted by atomic mass is 35.5. The zero-order valence-electron chi connectivity index (χ0n) is 12.6. The van der Waals surface area contributed by atoms with Gasteiger partial charge in [-0.25, -0.2) is 15.0 Å². The lowest BCUT2D eigenvalue weighted by molar-refractivity contribution is -0.101. The molecule has 2 aliphatic rings. The Morgan fingerprint density at radius 3 is 2.62 bits per heavy atom. The number of aliphatic hydroxyl groups excluding tert-OH is 1. The fraction of sp³-hybridized carbons (Fsp3) is 0.235. The lowest BCUT2D eigenvalue weighted by Crippen LogP contribution is -2.30. The average Bonchev–Trinajstić information content (AvgIpc) is 3.27. The average molecular weight is 341 g/mol. The minimum absolute atomic E-state index is 0.0963. The molecule has 24 heavy (non-hydrogen) atoms. The molecular weight excluding hydrogens is 328 g/mol. The van der Waals surface area contributed by atoms with Gasteiger partial charge < -0.3 is 14.4 Å². The first-order chi connectivity index (χ1) is 11.7. The van der Waals surface area contributed by atoms with Crippen LogP contribution in [0.1, 0.15) is 11.1 Å². The summed E-state index contributed by atoms with van der Waals surface area (Å²) >= 11 is 6.08. The number of nitrogens with zero attached hydrogens (tertiary/aromatic N) is 4. The van der Waals surface area contributed by atoms with E-state index in [1.807, 2.05) is 41.0 Å². The number of halogens is 1. The van der Waals surface area contributed by atoms with Gasteiger partial charge in [-0.05, 0) is 23.3 Å². The third-order valence-electron chi connectivity index (χ3n) is 4.82. The molecule has 2 aliphatic heterocycles. The molecule has 2 bridgehead atoms. The van der Waals surface area contributed by atoms with Crippen LogP contribution in [0.15, 0.2) is 49.1 Å². The number of aromatic nitrogens is 4. The molecule has 7 heteroatoms. The first kappa shape index (κ1) is 14.1. The molecule has 4 heterocycles. The number of benzene rings is 1. The SMILES string of the molecule is OC[C@@]12C=C[C@@](Cn3cnc4c(Cl)ncnc43)(O1)c1ccccc12. The molecule has 1 aromatic carbocycles. The second-order valence-electron chi connectivity index (χ2n) is 6.13. The second-order valence-corrected chi connectivity index (χ2v) is 6.49. The van der Waals surface area contributed by atoms with Gasteiger partial charge in [0.25, 0.3) is 0 Å². The van der Waals surface area contributed by atoms with E-state index in [0.717, 1.165) is 11.1 Å². The number of imidazole rings is 1. The number of fused-ring (bicyclic) bond motifs is 6. The Morgan fingerprint density at radius 2 is 1.83 bits per heavy atom. The summed E-state index contributed by atoms with van der Waals surface area (Å²) in [6.07, 6.45) is 7.07. The van der Waals surface area contributed by atoms with Crippen molar-refractivity contribution in [2.45, 2.75) is 17.7 Å². The van der Waals surface area contributed by atoms with Gasteiger partial charge in [-0.2, -0.15) is 0 Å². The van der Waals surface area contributed by atoms with Crippen LogP contribution >= 0.6 is 11.6 Å². The molecule has 0 aliphatic carbocycles. The monoisotopic (exact) mass is 340 g/mol. The van der Waals surface area contributed by atoms with Crippen molar-refractivity contribution in [3.8, 4) is 0 Å². The quantitative estimate of drug-likeness (QED) is 0.584. The lowest BCUT2D eigenvalue weighted by atomic mass is 9.82. The summed E-state index contributed by atoms with van der Waals surface area (Å²) in [5.41, 5.74) is 1.88. The smallest absolute Gasteiger partial charge is 0.164 e. The van der Waals surface area contributed by atoms with Gasteiger partial charge in [0, 0.05) is 0 Å². The van der Waals surface area contributed by atoms with Gasteiger partial charge in [-0.1, -0.05) is 35.9 Å². The molecule has 0 saturated carbocycles. The van der Waals surface area contributed by atoms with Crippen molar-refractivity contribution in [2.75, 3.05) is 6.61 Å². The highest BCUT2D eigenvalue weighted by Crippen LogP contribution is 2.54. The minimum atomic E-state index is -0.764. The van der Waals surface area contributed by atoms with Gasteiger partial charge in [-0.15, -0.1) is 0 Å². The number of aliphatic hydroxyl groups is 1. The third kappa shape index (κ3) is 1.65. The van der Waals surface area contributed by atoms with Crippen molar-refractivity contribution in [2.24, 2.45) is 0 Å². The molecule has 120 valence electrons. The number of rotatable bonds is 3.